The standard InChI is InChI=1S/C15H22BrN3O2/c1-17-10-12-3-4-14(13(16)9-12)21-11-15(20)19-7-5-18(2)6-8-19/h3-4,9,17H,5-8,10-11H2,1-2H3. The van der Waals surface area contributed by atoms with E-state index < -0.39 is 0 Å². The SMILES string of the molecule is CNCc1ccc(OCC(=O)N2CCN(C)CC2)c(Br)c1. The highest BCUT2D eigenvalue weighted by molar-refractivity contribution is 9.10. The first-order chi connectivity index (χ1) is 10.1. The number of piperazine rings is 1. The molecule has 0 unspecified atom stereocenters. The van der Waals surface area contributed by atoms with Gasteiger partial charge in [-0.2, -0.15) is 0 Å². The van der Waals surface area contributed by atoms with Crippen LogP contribution in [0.4, 0.5) is 0 Å². The highest BCUT2D eigenvalue weighted by Crippen LogP contribution is 2.26. The van der Waals surface area contributed by atoms with Crippen LogP contribution < -0.4 is 10.1 Å². The molecule has 1 aliphatic heterocycles. The number of benzene rings is 1. The number of ether oxygens (including phenoxy) is 1. The van der Waals surface area contributed by atoms with Crippen molar-refractivity contribution < 1.29 is 9.53 Å². The fourth-order valence-corrected chi connectivity index (χ4v) is 2.80. The zero-order chi connectivity index (χ0) is 15.2. The molecule has 1 aliphatic rings. The average molecular weight is 356 g/mol. The van der Waals surface area contributed by atoms with Gasteiger partial charge in [-0.3, -0.25) is 4.79 Å². The van der Waals surface area contributed by atoms with E-state index in [-0.39, 0.29) is 12.5 Å². The van der Waals surface area contributed by atoms with Gasteiger partial charge >= 0.3 is 0 Å². The van der Waals surface area contributed by atoms with Crippen molar-refractivity contribution in [2.45, 2.75) is 6.54 Å². The van der Waals surface area contributed by atoms with Gasteiger partial charge in [0.2, 0.25) is 0 Å². The lowest BCUT2D eigenvalue weighted by molar-refractivity contribution is -0.134. The molecule has 5 nitrogen and oxygen atoms in total. The van der Waals surface area contributed by atoms with Crippen molar-refractivity contribution in [2.75, 3.05) is 46.9 Å². The van der Waals surface area contributed by atoms with Crippen molar-refractivity contribution in [3.05, 3.63) is 28.2 Å². The minimum Gasteiger partial charge on any atom is -0.483 e. The second kappa shape index (κ2) is 7.77. The molecule has 0 spiro atoms. The molecule has 0 aliphatic carbocycles. The van der Waals surface area contributed by atoms with Crippen LogP contribution >= 0.6 is 15.9 Å². The second-order valence-corrected chi connectivity index (χ2v) is 6.12. The summed E-state index contributed by atoms with van der Waals surface area (Å²) in [5.41, 5.74) is 1.17. The van der Waals surface area contributed by atoms with Crippen LogP contribution in [0.2, 0.25) is 0 Å². The van der Waals surface area contributed by atoms with Crippen molar-refractivity contribution in [1.29, 1.82) is 0 Å². The van der Waals surface area contributed by atoms with E-state index in [9.17, 15) is 4.79 Å². The van der Waals surface area contributed by atoms with Crippen molar-refractivity contribution in [2.24, 2.45) is 0 Å². The van der Waals surface area contributed by atoms with Gasteiger partial charge in [0, 0.05) is 32.7 Å². The molecule has 0 bridgehead atoms. The first-order valence-electron chi connectivity index (χ1n) is 7.12. The minimum atomic E-state index is 0.0503. The van der Waals surface area contributed by atoms with Gasteiger partial charge in [-0.1, -0.05) is 6.07 Å². The van der Waals surface area contributed by atoms with E-state index in [1.54, 1.807) is 0 Å². The summed E-state index contributed by atoms with van der Waals surface area (Å²) in [5.74, 6) is 0.756. The van der Waals surface area contributed by atoms with Gasteiger partial charge in [-0.15, -0.1) is 0 Å². The number of rotatable bonds is 5. The van der Waals surface area contributed by atoms with E-state index in [0.29, 0.717) is 5.75 Å². The Morgan fingerprint density at radius 3 is 2.67 bits per heavy atom. The molecule has 0 radical (unpaired) electrons. The Morgan fingerprint density at radius 2 is 2.05 bits per heavy atom. The number of amides is 1. The zero-order valence-corrected chi connectivity index (χ0v) is 14.1. The predicted octanol–water partition coefficient (Wildman–Crippen LogP) is 1.32. The molecule has 6 heteroatoms. The van der Waals surface area contributed by atoms with Gasteiger partial charge in [0.25, 0.3) is 5.91 Å². The molecule has 0 aromatic heterocycles. The number of nitrogens with zero attached hydrogens (tertiary/aromatic N) is 2. The number of hydrogen-bond acceptors (Lipinski definition) is 4. The third-order valence-corrected chi connectivity index (χ3v) is 4.20. The van der Waals surface area contributed by atoms with Crippen molar-refractivity contribution in [3.63, 3.8) is 0 Å². The first-order valence-corrected chi connectivity index (χ1v) is 7.91. The monoisotopic (exact) mass is 355 g/mol. The van der Waals surface area contributed by atoms with Gasteiger partial charge in [0.1, 0.15) is 5.75 Å². The number of carbonyl (C=O) groups excluding carboxylic acids is 1. The molecule has 1 fully saturated rings. The summed E-state index contributed by atoms with van der Waals surface area (Å²) in [6.07, 6.45) is 0. The van der Waals surface area contributed by atoms with Gasteiger partial charge < -0.3 is 19.9 Å². The Morgan fingerprint density at radius 1 is 1.33 bits per heavy atom. The van der Waals surface area contributed by atoms with Crippen molar-refractivity contribution in [3.8, 4) is 5.75 Å². The molecule has 116 valence electrons. The maximum absolute atomic E-state index is 12.1. The van der Waals surface area contributed by atoms with Crippen LogP contribution in [0.15, 0.2) is 22.7 Å². The molecular formula is C15H22BrN3O2. The predicted molar refractivity (Wildman–Crippen MR) is 86.5 cm³/mol. The van der Waals surface area contributed by atoms with Crippen LogP contribution in [-0.4, -0.2) is 62.6 Å². The average Bonchev–Trinajstić information content (AvgIpc) is 2.47. The van der Waals surface area contributed by atoms with E-state index in [2.05, 4.69) is 33.2 Å². The van der Waals surface area contributed by atoms with E-state index in [1.165, 1.54) is 5.56 Å². The van der Waals surface area contributed by atoms with E-state index in [0.717, 1.165) is 37.2 Å². The van der Waals surface area contributed by atoms with Crippen LogP contribution in [-0.2, 0) is 11.3 Å². The summed E-state index contributed by atoms with van der Waals surface area (Å²) in [6, 6.07) is 5.90. The smallest absolute Gasteiger partial charge is 0.260 e. The molecule has 1 heterocycles. The lowest BCUT2D eigenvalue weighted by Gasteiger charge is -2.32. The molecule has 1 N–H and O–H groups in total. The minimum absolute atomic E-state index is 0.0503. The van der Waals surface area contributed by atoms with Gasteiger partial charge in [0.15, 0.2) is 6.61 Å². The molecular weight excluding hydrogens is 334 g/mol. The maximum atomic E-state index is 12.1. The van der Waals surface area contributed by atoms with Gasteiger partial charge in [-0.05, 0) is 47.7 Å². The summed E-state index contributed by atoms with van der Waals surface area (Å²) in [4.78, 5) is 16.2. The molecule has 1 aromatic carbocycles. The fraction of sp³-hybridized carbons (Fsp3) is 0.533. The summed E-state index contributed by atoms with van der Waals surface area (Å²) >= 11 is 3.49. The third-order valence-electron chi connectivity index (χ3n) is 3.58. The Kier molecular flexibility index (Phi) is 6.02. The lowest BCUT2D eigenvalue weighted by atomic mass is 10.2. The van der Waals surface area contributed by atoms with Crippen LogP contribution in [0.25, 0.3) is 0 Å². The third kappa shape index (κ3) is 4.69. The first kappa shape index (κ1) is 16.3. The molecule has 0 saturated carbocycles. The summed E-state index contributed by atoms with van der Waals surface area (Å²) in [6.45, 7) is 4.30. The fourth-order valence-electron chi connectivity index (χ4n) is 2.26. The Balaban J connectivity index is 1.86. The number of carbonyl (C=O) groups is 1. The quantitative estimate of drug-likeness (QED) is 0.865. The van der Waals surface area contributed by atoms with Crippen LogP contribution in [0.5, 0.6) is 5.75 Å². The molecule has 1 aromatic rings. The number of halogens is 1. The Hall–Kier alpha value is -1.11. The van der Waals surface area contributed by atoms with Crippen molar-refractivity contribution >= 4 is 21.8 Å². The van der Waals surface area contributed by atoms with Crippen molar-refractivity contribution in [1.82, 2.24) is 15.1 Å². The molecule has 21 heavy (non-hydrogen) atoms. The Labute approximate surface area is 134 Å². The molecule has 1 amide bonds. The largest absolute Gasteiger partial charge is 0.483 e. The lowest BCUT2D eigenvalue weighted by Crippen LogP contribution is -2.48. The molecule has 1 saturated heterocycles. The van der Waals surface area contributed by atoms with Gasteiger partial charge in [0.05, 0.1) is 4.47 Å². The highest BCUT2D eigenvalue weighted by Gasteiger charge is 2.19. The number of nitrogens with one attached hydrogen (secondary N) is 1. The summed E-state index contributed by atoms with van der Waals surface area (Å²) in [5, 5.41) is 3.10. The second-order valence-electron chi connectivity index (χ2n) is 5.27. The van der Waals surface area contributed by atoms with Gasteiger partial charge in [-0.25, -0.2) is 0 Å². The number of hydrogen-bond donors (Lipinski definition) is 1. The maximum Gasteiger partial charge on any atom is 0.260 e. The Bertz CT molecular complexity index is 488. The molecule has 0 atom stereocenters. The van der Waals surface area contributed by atoms with Crippen LogP contribution in [0.3, 0.4) is 0 Å². The summed E-state index contributed by atoms with van der Waals surface area (Å²) < 4.78 is 6.52. The zero-order valence-electron chi connectivity index (χ0n) is 12.6. The highest BCUT2D eigenvalue weighted by atomic mass is 79.9. The van der Waals surface area contributed by atoms with E-state index in [4.69, 9.17) is 4.74 Å². The van der Waals surface area contributed by atoms with E-state index in [1.807, 2.05) is 30.1 Å². The summed E-state index contributed by atoms with van der Waals surface area (Å²) in [7, 11) is 3.98. The normalized spacial score (nSPS) is 16.0. The molecule has 2 rings (SSSR count). The van der Waals surface area contributed by atoms with E-state index >= 15 is 0 Å². The van der Waals surface area contributed by atoms with Crippen LogP contribution in [0, 0.1) is 0 Å². The van der Waals surface area contributed by atoms with Crippen LogP contribution in [0.1, 0.15) is 5.56 Å². The number of likely N-dealkylation sites (N-methyl/N-ethyl adjacent to an activating group) is 1. The topological polar surface area (TPSA) is 44.8 Å².